The second-order valence-corrected chi connectivity index (χ2v) is 6.96. The summed E-state index contributed by atoms with van der Waals surface area (Å²) < 4.78 is 15.9. The van der Waals surface area contributed by atoms with Gasteiger partial charge in [-0.3, -0.25) is 14.4 Å². The molecule has 0 saturated carbocycles. The van der Waals surface area contributed by atoms with Crippen molar-refractivity contribution in [2.24, 2.45) is 5.10 Å². The standard InChI is InChI=1S/C23H28N4O6/c1-5-15(2)25-22(29)23(30)27-24-13-16-6-11-19(20(12-16)32-4)33-14-21(28)26-17-7-9-18(31-3)10-8-17/h6-13,15H,5,14H2,1-4H3,(H,25,29)(H,26,28)(H,27,30)/b24-13-/t15-/m0/s1. The minimum absolute atomic E-state index is 0.109. The van der Waals surface area contributed by atoms with Crippen molar-refractivity contribution in [2.75, 3.05) is 26.1 Å². The molecule has 3 N–H and O–H groups in total. The Labute approximate surface area is 192 Å². The number of hydrogen-bond donors (Lipinski definition) is 3. The molecule has 0 unspecified atom stereocenters. The van der Waals surface area contributed by atoms with Gasteiger partial charge in [-0.25, -0.2) is 5.43 Å². The highest BCUT2D eigenvalue weighted by atomic mass is 16.5. The third-order valence-electron chi connectivity index (χ3n) is 4.50. The smallest absolute Gasteiger partial charge is 0.329 e. The third-order valence-corrected chi connectivity index (χ3v) is 4.50. The maximum Gasteiger partial charge on any atom is 0.329 e. The number of benzene rings is 2. The van der Waals surface area contributed by atoms with Crippen LogP contribution in [0.2, 0.25) is 0 Å². The summed E-state index contributed by atoms with van der Waals surface area (Å²) in [7, 11) is 3.02. The Bertz CT molecular complexity index is 991. The number of carbonyl (C=O) groups excluding carboxylic acids is 3. The zero-order chi connectivity index (χ0) is 24.2. The van der Waals surface area contributed by atoms with Crippen molar-refractivity contribution < 1.29 is 28.6 Å². The Kier molecular flexibility index (Phi) is 9.69. The number of rotatable bonds is 10. The quantitative estimate of drug-likeness (QED) is 0.285. The van der Waals surface area contributed by atoms with Crippen molar-refractivity contribution in [1.82, 2.24) is 10.7 Å². The van der Waals surface area contributed by atoms with E-state index in [2.05, 4.69) is 21.2 Å². The highest BCUT2D eigenvalue weighted by molar-refractivity contribution is 6.35. The van der Waals surface area contributed by atoms with Gasteiger partial charge >= 0.3 is 11.8 Å². The number of nitrogens with zero attached hydrogens (tertiary/aromatic N) is 1. The van der Waals surface area contributed by atoms with E-state index >= 15 is 0 Å². The third kappa shape index (κ3) is 8.17. The molecular formula is C23H28N4O6. The lowest BCUT2D eigenvalue weighted by molar-refractivity contribution is -0.139. The molecule has 176 valence electrons. The normalized spacial score (nSPS) is 11.4. The number of carbonyl (C=O) groups is 3. The predicted octanol–water partition coefficient (Wildman–Crippen LogP) is 2.09. The molecule has 2 rings (SSSR count). The Morgan fingerprint density at radius 3 is 2.36 bits per heavy atom. The molecule has 0 aliphatic rings. The average Bonchev–Trinajstić information content (AvgIpc) is 2.83. The van der Waals surface area contributed by atoms with Gasteiger partial charge < -0.3 is 24.8 Å². The molecule has 0 aromatic heterocycles. The molecule has 0 heterocycles. The lowest BCUT2D eigenvalue weighted by atomic mass is 10.2. The summed E-state index contributed by atoms with van der Waals surface area (Å²) in [5.41, 5.74) is 3.37. The van der Waals surface area contributed by atoms with Crippen LogP contribution in [0.1, 0.15) is 25.8 Å². The number of amides is 3. The van der Waals surface area contributed by atoms with Crippen molar-refractivity contribution >= 4 is 29.6 Å². The maximum absolute atomic E-state index is 12.2. The first kappa shape index (κ1) is 25.2. The summed E-state index contributed by atoms with van der Waals surface area (Å²) >= 11 is 0. The number of nitrogens with one attached hydrogen (secondary N) is 3. The van der Waals surface area contributed by atoms with E-state index in [0.717, 1.165) is 0 Å². The topological polar surface area (TPSA) is 127 Å². The van der Waals surface area contributed by atoms with Gasteiger partial charge in [-0.15, -0.1) is 0 Å². The van der Waals surface area contributed by atoms with Gasteiger partial charge in [0.25, 0.3) is 5.91 Å². The highest BCUT2D eigenvalue weighted by Gasteiger charge is 2.14. The lowest BCUT2D eigenvalue weighted by Crippen LogP contribution is -2.41. The zero-order valence-electron chi connectivity index (χ0n) is 19.0. The van der Waals surface area contributed by atoms with Gasteiger partial charge in [0.1, 0.15) is 5.75 Å². The number of hydrazone groups is 1. The van der Waals surface area contributed by atoms with E-state index in [9.17, 15) is 14.4 Å². The fraction of sp³-hybridized carbons (Fsp3) is 0.304. The number of anilines is 1. The van der Waals surface area contributed by atoms with Crippen LogP contribution >= 0.6 is 0 Å². The Balaban J connectivity index is 1.90. The van der Waals surface area contributed by atoms with Gasteiger partial charge in [-0.1, -0.05) is 6.92 Å². The summed E-state index contributed by atoms with van der Waals surface area (Å²) in [5.74, 6) is -0.539. The molecule has 0 radical (unpaired) electrons. The Morgan fingerprint density at radius 2 is 1.73 bits per heavy atom. The molecular weight excluding hydrogens is 428 g/mol. The predicted molar refractivity (Wildman–Crippen MR) is 124 cm³/mol. The van der Waals surface area contributed by atoms with Crippen LogP contribution in [0, 0.1) is 0 Å². The van der Waals surface area contributed by atoms with Gasteiger partial charge in [0.2, 0.25) is 0 Å². The SMILES string of the molecule is CC[C@H](C)NC(=O)C(=O)N/N=C\c1ccc(OCC(=O)Nc2ccc(OC)cc2)c(OC)c1. The summed E-state index contributed by atoms with van der Waals surface area (Å²) in [6, 6.07) is 11.7. The Hall–Kier alpha value is -4.08. The second kappa shape index (κ2) is 12.7. The molecule has 0 spiro atoms. The average molecular weight is 456 g/mol. The van der Waals surface area contributed by atoms with Crippen molar-refractivity contribution in [3.63, 3.8) is 0 Å². The van der Waals surface area contributed by atoms with E-state index < -0.39 is 11.8 Å². The number of hydrogen-bond acceptors (Lipinski definition) is 7. The maximum atomic E-state index is 12.2. The molecule has 10 heteroatoms. The molecule has 2 aromatic rings. The van der Waals surface area contributed by atoms with Gasteiger partial charge in [0, 0.05) is 11.7 Å². The van der Waals surface area contributed by atoms with E-state index in [1.54, 1.807) is 56.5 Å². The molecule has 1 atom stereocenters. The zero-order valence-corrected chi connectivity index (χ0v) is 19.0. The van der Waals surface area contributed by atoms with E-state index in [1.807, 2.05) is 6.92 Å². The van der Waals surface area contributed by atoms with Crippen molar-refractivity contribution in [3.05, 3.63) is 48.0 Å². The summed E-state index contributed by atoms with van der Waals surface area (Å²) in [4.78, 5) is 35.6. The van der Waals surface area contributed by atoms with Crippen LogP contribution in [-0.4, -0.2) is 50.8 Å². The monoisotopic (exact) mass is 456 g/mol. The lowest BCUT2D eigenvalue weighted by Gasteiger charge is -2.12. The van der Waals surface area contributed by atoms with Crippen LogP contribution in [-0.2, 0) is 14.4 Å². The summed E-state index contributed by atoms with van der Waals surface area (Å²) in [5, 5.41) is 9.05. The largest absolute Gasteiger partial charge is 0.497 e. The number of ether oxygens (including phenoxy) is 3. The molecule has 10 nitrogen and oxygen atoms in total. The van der Waals surface area contributed by atoms with Crippen molar-refractivity contribution in [3.8, 4) is 17.2 Å². The molecule has 3 amide bonds. The van der Waals surface area contributed by atoms with E-state index in [-0.39, 0.29) is 18.6 Å². The molecule has 0 fully saturated rings. The van der Waals surface area contributed by atoms with Crippen LogP contribution < -0.4 is 30.3 Å². The minimum atomic E-state index is -0.860. The molecule has 0 bridgehead atoms. The fourth-order valence-electron chi connectivity index (χ4n) is 2.51. The van der Waals surface area contributed by atoms with Gasteiger partial charge in [-0.05, 0) is 61.4 Å². The van der Waals surface area contributed by atoms with Crippen molar-refractivity contribution in [1.29, 1.82) is 0 Å². The van der Waals surface area contributed by atoms with Gasteiger partial charge in [0.05, 0.1) is 20.4 Å². The van der Waals surface area contributed by atoms with Crippen LogP contribution in [0.3, 0.4) is 0 Å². The molecule has 2 aromatic carbocycles. The first-order valence-electron chi connectivity index (χ1n) is 10.2. The van der Waals surface area contributed by atoms with Gasteiger partial charge in [-0.2, -0.15) is 5.10 Å². The van der Waals surface area contributed by atoms with Crippen LogP contribution in [0.15, 0.2) is 47.6 Å². The van der Waals surface area contributed by atoms with E-state index in [0.29, 0.717) is 34.9 Å². The first-order chi connectivity index (χ1) is 15.9. The van der Waals surface area contributed by atoms with E-state index in [1.165, 1.54) is 13.3 Å². The summed E-state index contributed by atoms with van der Waals surface area (Å²) in [6.07, 6.45) is 2.07. The van der Waals surface area contributed by atoms with E-state index in [4.69, 9.17) is 14.2 Å². The summed E-state index contributed by atoms with van der Waals surface area (Å²) in [6.45, 7) is 3.47. The highest BCUT2D eigenvalue weighted by Crippen LogP contribution is 2.27. The molecule has 33 heavy (non-hydrogen) atoms. The first-order valence-corrected chi connectivity index (χ1v) is 10.2. The second-order valence-electron chi connectivity index (χ2n) is 6.96. The van der Waals surface area contributed by atoms with Gasteiger partial charge in [0.15, 0.2) is 18.1 Å². The minimum Gasteiger partial charge on any atom is -0.497 e. The van der Waals surface area contributed by atoms with Crippen LogP contribution in [0.4, 0.5) is 5.69 Å². The molecule has 0 aliphatic carbocycles. The Morgan fingerprint density at radius 1 is 1.00 bits per heavy atom. The number of methoxy groups -OCH3 is 2. The fourth-order valence-corrected chi connectivity index (χ4v) is 2.51. The van der Waals surface area contributed by atoms with Crippen molar-refractivity contribution in [2.45, 2.75) is 26.3 Å². The molecule has 0 saturated heterocycles. The molecule has 0 aliphatic heterocycles. The van der Waals surface area contributed by atoms with Crippen LogP contribution in [0.25, 0.3) is 0 Å². The van der Waals surface area contributed by atoms with Crippen LogP contribution in [0.5, 0.6) is 17.2 Å².